The number of hydrogen-bond acceptors (Lipinski definition) is 6. The van der Waals surface area contributed by atoms with Crippen LogP contribution in [0.2, 0.25) is 0 Å². The lowest BCUT2D eigenvalue weighted by atomic mass is 10.1. The fraction of sp³-hybridized carbons (Fsp3) is 0.368. The van der Waals surface area contributed by atoms with Crippen molar-refractivity contribution in [2.24, 2.45) is 0 Å². The van der Waals surface area contributed by atoms with E-state index in [9.17, 15) is 4.79 Å². The van der Waals surface area contributed by atoms with E-state index >= 15 is 0 Å². The number of nitrogens with zero attached hydrogens (tertiary/aromatic N) is 4. The van der Waals surface area contributed by atoms with Crippen molar-refractivity contribution in [1.82, 2.24) is 25.3 Å². The first-order valence-electron chi connectivity index (χ1n) is 9.08. The fourth-order valence-corrected chi connectivity index (χ4v) is 3.15. The highest BCUT2D eigenvalue weighted by Crippen LogP contribution is 2.24. The van der Waals surface area contributed by atoms with Crippen LogP contribution in [0.1, 0.15) is 40.8 Å². The molecule has 4 rings (SSSR count). The van der Waals surface area contributed by atoms with E-state index in [1.54, 1.807) is 10.9 Å². The van der Waals surface area contributed by atoms with Crippen LogP contribution >= 0.6 is 0 Å². The lowest BCUT2D eigenvalue weighted by Gasteiger charge is -2.22. The Bertz CT molecular complexity index is 935. The van der Waals surface area contributed by atoms with Crippen LogP contribution in [0.15, 0.2) is 34.9 Å². The van der Waals surface area contributed by atoms with Crippen LogP contribution in [0.5, 0.6) is 0 Å². The molecule has 1 fully saturated rings. The van der Waals surface area contributed by atoms with Crippen LogP contribution < -0.4 is 10.6 Å². The molecule has 0 saturated carbocycles. The highest BCUT2D eigenvalue weighted by molar-refractivity contribution is 6.02. The van der Waals surface area contributed by atoms with E-state index < -0.39 is 0 Å². The maximum atomic E-state index is 12.5. The molecule has 0 radical (unpaired) electrons. The second-order valence-electron chi connectivity index (χ2n) is 6.76. The van der Waals surface area contributed by atoms with Gasteiger partial charge in [-0.3, -0.25) is 4.79 Å². The Kier molecular flexibility index (Phi) is 4.72. The van der Waals surface area contributed by atoms with Crippen molar-refractivity contribution >= 4 is 11.6 Å². The summed E-state index contributed by atoms with van der Waals surface area (Å²) in [7, 11) is 0. The molecule has 8 heteroatoms. The van der Waals surface area contributed by atoms with Gasteiger partial charge in [0, 0.05) is 11.3 Å². The Morgan fingerprint density at radius 1 is 1.30 bits per heavy atom. The topological polar surface area (TPSA) is 97.9 Å². The van der Waals surface area contributed by atoms with Crippen molar-refractivity contribution in [2.45, 2.75) is 32.7 Å². The second kappa shape index (κ2) is 7.32. The molecule has 8 nitrogen and oxygen atoms in total. The molecule has 140 valence electrons. The van der Waals surface area contributed by atoms with Gasteiger partial charge in [0.25, 0.3) is 5.91 Å². The number of piperidine rings is 1. The second-order valence-corrected chi connectivity index (χ2v) is 6.76. The molecule has 27 heavy (non-hydrogen) atoms. The van der Waals surface area contributed by atoms with Gasteiger partial charge in [0.2, 0.25) is 5.89 Å². The zero-order chi connectivity index (χ0) is 18.8. The first kappa shape index (κ1) is 17.4. The summed E-state index contributed by atoms with van der Waals surface area (Å²) < 4.78 is 7.46. The first-order chi connectivity index (χ1) is 13.1. The fourth-order valence-electron chi connectivity index (χ4n) is 3.15. The lowest BCUT2D eigenvalue weighted by molar-refractivity contribution is 0.102. The lowest BCUT2D eigenvalue weighted by Crippen LogP contribution is -2.29. The number of anilines is 1. The zero-order valence-corrected chi connectivity index (χ0v) is 15.4. The molecule has 0 spiro atoms. The maximum absolute atomic E-state index is 12.5. The molecule has 1 aliphatic heterocycles. The first-order valence-corrected chi connectivity index (χ1v) is 9.08. The van der Waals surface area contributed by atoms with E-state index in [4.69, 9.17) is 4.42 Å². The minimum Gasteiger partial charge on any atom is -0.441 e. The summed E-state index contributed by atoms with van der Waals surface area (Å²) in [6.45, 7) is 5.69. The van der Waals surface area contributed by atoms with Crippen molar-refractivity contribution in [1.29, 1.82) is 0 Å². The minimum atomic E-state index is -0.285. The third kappa shape index (κ3) is 3.75. The number of nitrogens with one attached hydrogen (secondary N) is 2. The smallest absolute Gasteiger partial charge is 0.277 e. The van der Waals surface area contributed by atoms with Crippen molar-refractivity contribution in [3.05, 3.63) is 47.6 Å². The molecule has 2 N–H and O–H groups in total. The highest BCUT2D eigenvalue weighted by Gasteiger charge is 2.19. The van der Waals surface area contributed by atoms with Crippen molar-refractivity contribution in [3.8, 4) is 11.5 Å². The van der Waals surface area contributed by atoms with Gasteiger partial charge in [0.15, 0.2) is 5.69 Å². The summed E-state index contributed by atoms with van der Waals surface area (Å²) in [5, 5.41) is 14.4. The minimum absolute atomic E-state index is 0.285. The van der Waals surface area contributed by atoms with Crippen molar-refractivity contribution < 1.29 is 9.21 Å². The molecule has 1 amide bonds. The van der Waals surface area contributed by atoms with Gasteiger partial charge < -0.3 is 15.1 Å². The number of aryl methyl sites for hydroxylation is 2. The Labute approximate surface area is 157 Å². The normalized spacial score (nSPS) is 15.0. The number of amides is 1. The van der Waals surface area contributed by atoms with Crippen molar-refractivity contribution in [3.63, 3.8) is 0 Å². The van der Waals surface area contributed by atoms with E-state index in [1.807, 2.05) is 38.1 Å². The molecule has 3 heterocycles. The van der Waals surface area contributed by atoms with Gasteiger partial charge in [-0.15, -0.1) is 5.10 Å². The van der Waals surface area contributed by atoms with E-state index in [0.717, 1.165) is 42.9 Å². The summed E-state index contributed by atoms with van der Waals surface area (Å²) in [6.07, 6.45) is 3.69. The molecular weight excluding hydrogens is 344 g/mol. The van der Waals surface area contributed by atoms with E-state index in [2.05, 4.69) is 25.9 Å². The van der Waals surface area contributed by atoms with Crippen LogP contribution in [0, 0.1) is 13.8 Å². The molecular formula is C19H22N6O2. The van der Waals surface area contributed by atoms with Gasteiger partial charge in [-0.25, -0.2) is 9.67 Å². The number of aromatic nitrogens is 4. The third-order valence-electron chi connectivity index (χ3n) is 4.82. The molecule has 1 saturated heterocycles. The molecule has 1 aromatic carbocycles. The Balaban J connectivity index is 1.48. The zero-order valence-electron chi connectivity index (χ0n) is 15.4. The SMILES string of the molecule is Cc1nc(-c2cccc(NC(=O)c3cn(C4CCNCC4)nn3)c2)oc1C. The summed E-state index contributed by atoms with van der Waals surface area (Å²) in [5.41, 5.74) is 2.63. The molecule has 1 aliphatic rings. The van der Waals surface area contributed by atoms with E-state index in [1.165, 1.54) is 0 Å². The molecule has 0 unspecified atom stereocenters. The Morgan fingerprint density at radius 2 is 2.11 bits per heavy atom. The van der Waals surface area contributed by atoms with Gasteiger partial charge in [0.05, 0.1) is 17.9 Å². The van der Waals surface area contributed by atoms with Crippen LogP contribution in [0.4, 0.5) is 5.69 Å². The average Bonchev–Trinajstić information content (AvgIpc) is 3.30. The van der Waals surface area contributed by atoms with Gasteiger partial charge in [-0.2, -0.15) is 0 Å². The van der Waals surface area contributed by atoms with Gasteiger partial charge in [0.1, 0.15) is 5.76 Å². The number of carbonyl (C=O) groups excluding carboxylic acids is 1. The summed E-state index contributed by atoms with van der Waals surface area (Å²) in [5.74, 6) is 1.04. The number of carbonyl (C=O) groups is 1. The monoisotopic (exact) mass is 366 g/mol. The molecule has 3 aromatic rings. The molecule has 0 bridgehead atoms. The quantitative estimate of drug-likeness (QED) is 0.737. The number of hydrogen-bond donors (Lipinski definition) is 2. The molecule has 0 aliphatic carbocycles. The van der Waals surface area contributed by atoms with Gasteiger partial charge in [-0.05, 0) is 58.0 Å². The molecule has 2 aromatic heterocycles. The number of rotatable bonds is 4. The van der Waals surface area contributed by atoms with Crippen molar-refractivity contribution in [2.75, 3.05) is 18.4 Å². The molecule has 0 atom stereocenters. The van der Waals surface area contributed by atoms with Crippen LogP contribution in [0.3, 0.4) is 0 Å². The predicted molar refractivity (Wildman–Crippen MR) is 101 cm³/mol. The Morgan fingerprint density at radius 3 is 2.85 bits per heavy atom. The van der Waals surface area contributed by atoms with Crippen LogP contribution in [-0.4, -0.2) is 39.0 Å². The summed E-state index contributed by atoms with van der Waals surface area (Å²) in [6, 6.07) is 7.70. The predicted octanol–water partition coefficient (Wildman–Crippen LogP) is 2.73. The Hall–Kier alpha value is -3.00. The van der Waals surface area contributed by atoms with Crippen LogP contribution in [0.25, 0.3) is 11.5 Å². The van der Waals surface area contributed by atoms with Gasteiger partial charge >= 0.3 is 0 Å². The highest BCUT2D eigenvalue weighted by atomic mass is 16.4. The summed E-state index contributed by atoms with van der Waals surface area (Å²) in [4.78, 5) is 16.9. The third-order valence-corrected chi connectivity index (χ3v) is 4.82. The maximum Gasteiger partial charge on any atom is 0.277 e. The standard InChI is InChI=1S/C19H22N6O2/c1-12-13(2)27-19(21-12)14-4-3-5-15(10-14)22-18(26)17-11-25(24-23-17)16-6-8-20-9-7-16/h3-5,10-11,16,20H,6-9H2,1-2H3,(H,22,26). The number of oxazole rings is 1. The van der Waals surface area contributed by atoms with Crippen LogP contribution in [-0.2, 0) is 0 Å². The average molecular weight is 366 g/mol. The summed E-state index contributed by atoms with van der Waals surface area (Å²) >= 11 is 0. The van der Waals surface area contributed by atoms with E-state index in [-0.39, 0.29) is 5.91 Å². The number of benzene rings is 1. The largest absolute Gasteiger partial charge is 0.441 e. The van der Waals surface area contributed by atoms with Gasteiger partial charge in [-0.1, -0.05) is 11.3 Å². The van der Waals surface area contributed by atoms with E-state index in [0.29, 0.717) is 23.3 Å².